The number of hydrogen-bond acceptors (Lipinski definition) is 4. The number of nitrogens with zero attached hydrogens (tertiary/aromatic N) is 3. The van der Waals surface area contributed by atoms with Crippen LogP contribution in [0.25, 0.3) is 0 Å². The number of halogens is 1. The highest BCUT2D eigenvalue weighted by Gasteiger charge is 2.31. The van der Waals surface area contributed by atoms with E-state index in [1.54, 1.807) is 21.9 Å². The van der Waals surface area contributed by atoms with Crippen molar-refractivity contribution in [2.75, 3.05) is 35.3 Å². The van der Waals surface area contributed by atoms with Crippen molar-refractivity contribution < 1.29 is 18.7 Å². The Morgan fingerprint density at radius 1 is 1.07 bits per heavy atom. The summed E-state index contributed by atoms with van der Waals surface area (Å²) in [5.74, 6) is -0.530. The predicted octanol–water partition coefficient (Wildman–Crippen LogP) is 3.93. The summed E-state index contributed by atoms with van der Waals surface area (Å²) in [6.07, 6.45) is 1.46. The Balaban J connectivity index is 1.44. The Labute approximate surface area is 172 Å². The minimum atomic E-state index is -0.617. The number of hydrogen-bond donors (Lipinski definition) is 1. The standard InChI is InChI=1S/C22H19FN4O3/c1-30-19-9-7-15(13-18(19)23)21(28)25-16-8-10-20(24-14-16)27-12-11-26(22(27)29)17-5-3-2-4-6-17/h2-10,13-14H,11-12H2,1H3,(H,25,28). The van der Waals surface area contributed by atoms with E-state index in [2.05, 4.69) is 10.3 Å². The highest BCUT2D eigenvalue weighted by Crippen LogP contribution is 2.24. The van der Waals surface area contributed by atoms with Crippen molar-refractivity contribution in [1.82, 2.24) is 4.98 Å². The Bertz CT molecular complexity index is 1070. The molecule has 1 N–H and O–H groups in total. The molecular weight excluding hydrogens is 387 g/mol. The van der Waals surface area contributed by atoms with E-state index >= 15 is 0 Å². The molecule has 4 rings (SSSR count). The van der Waals surface area contributed by atoms with Crippen LogP contribution in [0.4, 0.5) is 26.4 Å². The molecule has 7 nitrogen and oxygen atoms in total. The van der Waals surface area contributed by atoms with Gasteiger partial charge in [0.25, 0.3) is 5.91 Å². The zero-order valence-electron chi connectivity index (χ0n) is 16.2. The number of para-hydroxylation sites is 1. The number of urea groups is 1. The molecule has 3 amide bonds. The monoisotopic (exact) mass is 406 g/mol. The first-order valence-electron chi connectivity index (χ1n) is 9.32. The third-order valence-corrected chi connectivity index (χ3v) is 4.77. The number of anilines is 3. The Hall–Kier alpha value is -3.94. The summed E-state index contributed by atoms with van der Waals surface area (Å²) in [6, 6.07) is 16.6. The fraction of sp³-hybridized carbons (Fsp3) is 0.136. The van der Waals surface area contributed by atoms with E-state index in [1.807, 2.05) is 30.3 Å². The molecule has 1 aromatic heterocycles. The zero-order valence-corrected chi connectivity index (χ0v) is 16.2. The zero-order chi connectivity index (χ0) is 21.1. The summed E-state index contributed by atoms with van der Waals surface area (Å²) in [4.78, 5) is 32.6. The molecule has 0 unspecified atom stereocenters. The number of amides is 3. The Morgan fingerprint density at radius 3 is 2.50 bits per heavy atom. The van der Waals surface area contributed by atoms with Crippen molar-refractivity contribution in [2.45, 2.75) is 0 Å². The van der Waals surface area contributed by atoms with E-state index in [0.717, 1.165) is 11.8 Å². The smallest absolute Gasteiger partial charge is 0.330 e. The first-order valence-corrected chi connectivity index (χ1v) is 9.32. The average Bonchev–Trinajstić information content (AvgIpc) is 3.16. The third kappa shape index (κ3) is 3.80. The Kier molecular flexibility index (Phi) is 5.30. The maximum Gasteiger partial charge on any atom is 0.330 e. The molecule has 0 bridgehead atoms. The van der Waals surface area contributed by atoms with Gasteiger partial charge in [-0.15, -0.1) is 0 Å². The second-order valence-corrected chi connectivity index (χ2v) is 6.63. The molecule has 30 heavy (non-hydrogen) atoms. The molecule has 152 valence electrons. The maximum absolute atomic E-state index is 13.8. The molecule has 0 atom stereocenters. The molecule has 8 heteroatoms. The molecule has 3 aromatic rings. The van der Waals surface area contributed by atoms with Gasteiger partial charge in [0, 0.05) is 24.3 Å². The van der Waals surface area contributed by atoms with Crippen LogP contribution in [-0.4, -0.2) is 37.1 Å². The van der Waals surface area contributed by atoms with Crippen molar-refractivity contribution >= 4 is 29.1 Å². The molecule has 1 aliphatic heterocycles. The van der Waals surface area contributed by atoms with Crippen LogP contribution in [0.3, 0.4) is 0 Å². The number of benzene rings is 2. The molecule has 0 aliphatic carbocycles. The van der Waals surface area contributed by atoms with Gasteiger partial charge < -0.3 is 10.1 Å². The van der Waals surface area contributed by atoms with Crippen LogP contribution in [0.2, 0.25) is 0 Å². The van der Waals surface area contributed by atoms with Gasteiger partial charge in [-0.25, -0.2) is 14.2 Å². The lowest BCUT2D eigenvalue weighted by Crippen LogP contribution is -2.32. The van der Waals surface area contributed by atoms with Gasteiger partial charge in [-0.05, 0) is 42.5 Å². The van der Waals surface area contributed by atoms with E-state index in [0.29, 0.717) is 24.6 Å². The van der Waals surface area contributed by atoms with Gasteiger partial charge >= 0.3 is 6.03 Å². The SMILES string of the molecule is COc1ccc(C(=O)Nc2ccc(N3CCN(c4ccccc4)C3=O)nc2)cc1F. The lowest BCUT2D eigenvalue weighted by atomic mass is 10.2. The largest absolute Gasteiger partial charge is 0.494 e. The fourth-order valence-electron chi connectivity index (χ4n) is 3.23. The average molecular weight is 406 g/mol. The highest BCUT2D eigenvalue weighted by molar-refractivity contribution is 6.06. The van der Waals surface area contributed by atoms with Gasteiger partial charge in [-0.3, -0.25) is 14.6 Å². The quantitative estimate of drug-likeness (QED) is 0.697. The van der Waals surface area contributed by atoms with Crippen LogP contribution in [0.5, 0.6) is 5.75 Å². The number of rotatable bonds is 5. The molecule has 2 aromatic carbocycles. The molecular formula is C22H19FN4O3. The van der Waals surface area contributed by atoms with Crippen molar-refractivity contribution in [3.63, 3.8) is 0 Å². The molecule has 1 fully saturated rings. The highest BCUT2D eigenvalue weighted by atomic mass is 19.1. The van der Waals surface area contributed by atoms with Crippen LogP contribution in [0, 0.1) is 5.82 Å². The Morgan fingerprint density at radius 2 is 1.83 bits per heavy atom. The predicted molar refractivity (Wildman–Crippen MR) is 112 cm³/mol. The van der Waals surface area contributed by atoms with Gasteiger partial charge in [-0.1, -0.05) is 18.2 Å². The van der Waals surface area contributed by atoms with E-state index in [1.165, 1.54) is 25.4 Å². The summed E-state index contributed by atoms with van der Waals surface area (Å²) in [5.41, 5.74) is 1.43. The first kappa shape index (κ1) is 19.4. The number of pyridine rings is 1. The molecule has 1 saturated heterocycles. The normalized spacial score (nSPS) is 13.5. The van der Waals surface area contributed by atoms with Crippen LogP contribution in [-0.2, 0) is 0 Å². The molecule has 0 spiro atoms. The van der Waals surface area contributed by atoms with E-state index < -0.39 is 11.7 Å². The number of nitrogens with one attached hydrogen (secondary N) is 1. The summed E-state index contributed by atoms with van der Waals surface area (Å²) in [7, 11) is 1.36. The molecule has 0 saturated carbocycles. The van der Waals surface area contributed by atoms with Gasteiger partial charge in [0.05, 0.1) is 19.0 Å². The lowest BCUT2D eigenvalue weighted by Gasteiger charge is -2.18. The fourth-order valence-corrected chi connectivity index (χ4v) is 3.23. The van der Waals surface area contributed by atoms with E-state index in [4.69, 9.17) is 4.74 Å². The molecule has 0 radical (unpaired) electrons. The summed E-state index contributed by atoms with van der Waals surface area (Å²) in [6.45, 7) is 1.07. The van der Waals surface area contributed by atoms with Crippen molar-refractivity contribution in [1.29, 1.82) is 0 Å². The van der Waals surface area contributed by atoms with Crippen LogP contribution in [0.1, 0.15) is 10.4 Å². The third-order valence-electron chi connectivity index (χ3n) is 4.77. The van der Waals surface area contributed by atoms with Crippen molar-refractivity contribution in [3.05, 3.63) is 78.2 Å². The van der Waals surface area contributed by atoms with Crippen molar-refractivity contribution in [3.8, 4) is 5.75 Å². The number of carbonyl (C=O) groups excluding carboxylic acids is 2. The number of aromatic nitrogens is 1. The van der Waals surface area contributed by atoms with Crippen molar-refractivity contribution in [2.24, 2.45) is 0 Å². The summed E-state index contributed by atoms with van der Waals surface area (Å²) in [5, 5.41) is 2.66. The van der Waals surface area contributed by atoms with Gasteiger partial charge in [-0.2, -0.15) is 0 Å². The topological polar surface area (TPSA) is 74.8 Å². The number of ether oxygens (including phenoxy) is 1. The molecule has 1 aliphatic rings. The minimum Gasteiger partial charge on any atom is -0.494 e. The summed E-state index contributed by atoms with van der Waals surface area (Å²) < 4.78 is 18.7. The first-order chi connectivity index (χ1) is 14.6. The van der Waals surface area contributed by atoms with Crippen LogP contribution in [0.15, 0.2) is 66.9 Å². The van der Waals surface area contributed by atoms with Crippen LogP contribution < -0.4 is 19.9 Å². The van der Waals surface area contributed by atoms with E-state index in [9.17, 15) is 14.0 Å². The molecule has 2 heterocycles. The summed E-state index contributed by atoms with van der Waals surface area (Å²) >= 11 is 0. The minimum absolute atomic E-state index is 0.0670. The van der Waals surface area contributed by atoms with Crippen LogP contribution >= 0.6 is 0 Å². The lowest BCUT2D eigenvalue weighted by molar-refractivity contribution is 0.102. The second kappa shape index (κ2) is 8.20. The second-order valence-electron chi connectivity index (χ2n) is 6.63. The maximum atomic E-state index is 13.8. The van der Waals surface area contributed by atoms with Gasteiger partial charge in [0.1, 0.15) is 5.82 Å². The van der Waals surface area contributed by atoms with E-state index in [-0.39, 0.29) is 17.3 Å². The van der Waals surface area contributed by atoms with Gasteiger partial charge in [0.2, 0.25) is 0 Å². The van der Waals surface area contributed by atoms with Gasteiger partial charge in [0.15, 0.2) is 11.6 Å². The number of carbonyl (C=O) groups is 2. The number of methoxy groups -OCH3 is 1.